The minimum atomic E-state index is -0.937. The molecule has 3 nitrogen and oxygen atoms in total. The summed E-state index contributed by atoms with van der Waals surface area (Å²) in [6.07, 6.45) is 18.3. The first-order chi connectivity index (χ1) is 13.0. The van der Waals surface area contributed by atoms with E-state index in [0.717, 1.165) is 13.1 Å². The van der Waals surface area contributed by atoms with Crippen molar-refractivity contribution in [2.45, 2.75) is 118 Å². The largest absolute Gasteiger partial charge is 1.00 e. The van der Waals surface area contributed by atoms with Crippen molar-refractivity contribution in [3.63, 3.8) is 0 Å². The molecule has 0 radical (unpaired) electrons. The summed E-state index contributed by atoms with van der Waals surface area (Å²) >= 11 is 0. The minimum Gasteiger partial charge on any atom is -0.549 e. The van der Waals surface area contributed by atoms with Crippen LogP contribution in [0.3, 0.4) is 0 Å². The Balaban J connectivity index is 0. The van der Waals surface area contributed by atoms with Gasteiger partial charge in [0.1, 0.15) is 0 Å². The number of unbranched alkanes of at least 4 members (excludes halogenated alkanes) is 10. The van der Waals surface area contributed by atoms with Gasteiger partial charge in [0.2, 0.25) is 0 Å². The number of rotatable bonds is 20. The Morgan fingerprint density at radius 2 is 1.07 bits per heavy atom. The third kappa shape index (κ3) is 20.8. The zero-order chi connectivity index (χ0) is 20.3. The number of carboxylic acids is 1. The molecule has 0 aromatic carbocycles. The summed E-state index contributed by atoms with van der Waals surface area (Å²) < 4.78 is 0. The third-order valence-electron chi connectivity index (χ3n) is 5.59. The molecule has 0 aliphatic rings. The van der Waals surface area contributed by atoms with Gasteiger partial charge in [0.25, 0.3) is 0 Å². The Kier molecular flexibility index (Phi) is 23.5. The molecule has 0 aliphatic carbocycles. The van der Waals surface area contributed by atoms with Crippen LogP contribution in [0.2, 0.25) is 0 Å². The van der Waals surface area contributed by atoms with E-state index < -0.39 is 5.97 Å². The number of aliphatic carboxylic acids is 1. The first-order valence-corrected chi connectivity index (χ1v) is 11.9. The molecule has 0 N–H and O–H groups in total. The van der Waals surface area contributed by atoms with Crippen LogP contribution in [0, 0.1) is 11.8 Å². The molecular formula is C24H48LiNO2. The number of carbonyl (C=O) groups is 1. The molecule has 0 saturated carbocycles. The van der Waals surface area contributed by atoms with Crippen LogP contribution in [0.15, 0.2) is 0 Å². The minimum absolute atomic E-state index is 0. The van der Waals surface area contributed by atoms with Crippen LogP contribution in [0.4, 0.5) is 0 Å². The molecule has 28 heavy (non-hydrogen) atoms. The van der Waals surface area contributed by atoms with E-state index in [9.17, 15) is 9.90 Å². The van der Waals surface area contributed by atoms with Crippen LogP contribution < -0.4 is 24.0 Å². The third-order valence-corrected chi connectivity index (χ3v) is 5.59. The van der Waals surface area contributed by atoms with Gasteiger partial charge in [0.05, 0.1) is 5.97 Å². The smallest absolute Gasteiger partial charge is 0.549 e. The van der Waals surface area contributed by atoms with E-state index in [1.807, 2.05) is 0 Å². The topological polar surface area (TPSA) is 43.4 Å². The number of hydrogen-bond donors (Lipinski definition) is 0. The van der Waals surface area contributed by atoms with Gasteiger partial charge in [-0.3, -0.25) is 4.90 Å². The van der Waals surface area contributed by atoms with Crippen molar-refractivity contribution in [2.75, 3.05) is 19.6 Å². The van der Waals surface area contributed by atoms with Gasteiger partial charge in [0.15, 0.2) is 0 Å². The van der Waals surface area contributed by atoms with E-state index in [-0.39, 0.29) is 25.4 Å². The van der Waals surface area contributed by atoms with Crippen molar-refractivity contribution in [3.8, 4) is 0 Å². The maximum atomic E-state index is 11.1. The molecule has 0 aromatic heterocycles. The maximum Gasteiger partial charge on any atom is 1.00 e. The van der Waals surface area contributed by atoms with E-state index in [1.165, 1.54) is 89.9 Å². The molecule has 162 valence electrons. The molecule has 4 heteroatoms. The molecule has 2 unspecified atom stereocenters. The van der Waals surface area contributed by atoms with E-state index in [0.29, 0.717) is 11.8 Å². The number of carbonyl (C=O) groups excluding carboxylic acids is 1. The summed E-state index contributed by atoms with van der Waals surface area (Å²) in [4.78, 5) is 13.3. The van der Waals surface area contributed by atoms with Crippen LogP contribution in [-0.4, -0.2) is 30.5 Å². The summed E-state index contributed by atoms with van der Waals surface area (Å²) in [5, 5.41) is 11.1. The number of nitrogens with zero attached hydrogens (tertiary/aromatic N) is 1. The van der Waals surface area contributed by atoms with E-state index >= 15 is 0 Å². The van der Waals surface area contributed by atoms with Gasteiger partial charge >= 0.3 is 18.9 Å². The van der Waals surface area contributed by atoms with Crippen molar-refractivity contribution < 1.29 is 28.8 Å². The Bertz CT molecular complexity index is 315. The molecule has 0 spiro atoms. The molecular weight excluding hydrogens is 341 g/mol. The van der Waals surface area contributed by atoms with Gasteiger partial charge in [0, 0.05) is 19.6 Å². The molecule has 0 rings (SSSR count). The van der Waals surface area contributed by atoms with Gasteiger partial charge in [-0.15, -0.1) is 0 Å². The Labute approximate surface area is 188 Å². The van der Waals surface area contributed by atoms with Crippen LogP contribution in [0.1, 0.15) is 118 Å². The summed E-state index contributed by atoms with van der Waals surface area (Å²) in [7, 11) is 0. The first kappa shape index (κ1) is 30.2. The predicted molar refractivity (Wildman–Crippen MR) is 116 cm³/mol. The Hall–Kier alpha value is 0.0274. The standard InChI is InChI=1S/C24H49NO2.Li/c1-5-7-9-11-13-15-17-22(3)19-25(21-24(26)27)20-23(4)18-16-14-12-10-8-6-2;/h22-23H,5-21H2,1-4H3,(H,26,27);/q;+1/p-1. The average Bonchev–Trinajstić information content (AvgIpc) is 2.60. The zero-order valence-electron chi connectivity index (χ0n) is 19.9. The molecule has 0 amide bonds. The van der Waals surface area contributed by atoms with Crippen LogP contribution in [0.25, 0.3) is 0 Å². The van der Waals surface area contributed by atoms with Crippen molar-refractivity contribution in [1.82, 2.24) is 4.90 Å². The predicted octanol–water partition coefficient (Wildman–Crippen LogP) is 2.82. The molecule has 0 aliphatic heterocycles. The summed E-state index contributed by atoms with van der Waals surface area (Å²) in [6, 6.07) is 0. The van der Waals surface area contributed by atoms with Crippen molar-refractivity contribution in [1.29, 1.82) is 0 Å². The van der Waals surface area contributed by atoms with E-state index in [2.05, 4.69) is 32.6 Å². The van der Waals surface area contributed by atoms with Crippen LogP contribution >= 0.6 is 0 Å². The van der Waals surface area contributed by atoms with Crippen molar-refractivity contribution in [3.05, 3.63) is 0 Å². The molecule has 0 bridgehead atoms. The van der Waals surface area contributed by atoms with E-state index in [4.69, 9.17) is 0 Å². The number of hydrogen-bond acceptors (Lipinski definition) is 3. The van der Waals surface area contributed by atoms with Crippen molar-refractivity contribution >= 4 is 5.97 Å². The fraction of sp³-hybridized carbons (Fsp3) is 0.958. The second kappa shape index (κ2) is 21.7. The van der Waals surface area contributed by atoms with Crippen LogP contribution in [-0.2, 0) is 4.79 Å². The van der Waals surface area contributed by atoms with Gasteiger partial charge in [-0.05, 0) is 24.7 Å². The molecule has 0 aromatic rings. The van der Waals surface area contributed by atoms with Crippen LogP contribution in [0.5, 0.6) is 0 Å². The van der Waals surface area contributed by atoms with Gasteiger partial charge in [-0.1, -0.05) is 105 Å². The number of carboxylic acid groups (broad SMARTS) is 1. The fourth-order valence-electron chi connectivity index (χ4n) is 4.00. The fourth-order valence-corrected chi connectivity index (χ4v) is 4.00. The maximum absolute atomic E-state index is 11.1. The monoisotopic (exact) mass is 389 g/mol. The Morgan fingerprint density at radius 1 is 0.714 bits per heavy atom. The second-order valence-corrected chi connectivity index (χ2v) is 8.89. The SMILES string of the molecule is CCCCCCCCC(C)CN(CC(=O)[O-])CC(C)CCCCCCCC.[Li+]. The van der Waals surface area contributed by atoms with Gasteiger partial charge in [-0.2, -0.15) is 0 Å². The normalized spacial score (nSPS) is 13.3. The molecule has 0 saturated heterocycles. The molecule has 2 atom stereocenters. The van der Waals surface area contributed by atoms with Gasteiger partial charge in [-0.25, -0.2) is 0 Å². The quantitative estimate of drug-likeness (QED) is 0.238. The van der Waals surface area contributed by atoms with Gasteiger partial charge < -0.3 is 9.90 Å². The average molecular weight is 390 g/mol. The first-order valence-electron chi connectivity index (χ1n) is 11.9. The summed E-state index contributed by atoms with van der Waals surface area (Å²) in [5.74, 6) is 0.196. The Morgan fingerprint density at radius 3 is 1.43 bits per heavy atom. The van der Waals surface area contributed by atoms with E-state index in [1.54, 1.807) is 0 Å². The summed E-state index contributed by atoms with van der Waals surface area (Å²) in [5.41, 5.74) is 0. The molecule has 0 fully saturated rings. The summed E-state index contributed by atoms with van der Waals surface area (Å²) in [6.45, 7) is 10.9. The molecule has 0 heterocycles. The zero-order valence-corrected chi connectivity index (χ0v) is 19.9. The van der Waals surface area contributed by atoms with Crippen molar-refractivity contribution in [2.24, 2.45) is 11.8 Å². The second-order valence-electron chi connectivity index (χ2n) is 8.89.